The molecule has 0 rings (SSSR count). The summed E-state index contributed by atoms with van der Waals surface area (Å²) in [7, 11) is 0.823. The van der Waals surface area contributed by atoms with Crippen molar-refractivity contribution in [1.29, 1.82) is 0 Å². The number of rotatable bonds is 7. The van der Waals surface area contributed by atoms with Crippen molar-refractivity contribution in [3.05, 3.63) is 25.3 Å². The van der Waals surface area contributed by atoms with Gasteiger partial charge >= 0.3 is 0 Å². The summed E-state index contributed by atoms with van der Waals surface area (Å²) >= 11 is 0. The number of hydrogen-bond acceptors (Lipinski definition) is 1. The average molecular weight is 184 g/mol. The minimum Gasteiger partial charge on any atom is -0.428 e. The highest BCUT2D eigenvalue weighted by molar-refractivity contribution is 5.97. The summed E-state index contributed by atoms with van der Waals surface area (Å²) in [5.41, 5.74) is 0.110. The second-order valence-corrected chi connectivity index (χ2v) is 3.71. The summed E-state index contributed by atoms with van der Waals surface area (Å²) in [5, 5.41) is 0. The Hall–Kier alpha value is -0.343. The van der Waals surface area contributed by atoms with Crippen LogP contribution in [0.5, 0.6) is 0 Å². The standard InChI is InChI=1S/C10H20OSi/c1-4-7-10(5-2,6-3)8-9-11-12/h5-6H,2-4,7-9H2,1,12H3. The molecule has 70 valence electrons. The van der Waals surface area contributed by atoms with Gasteiger partial charge in [0, 0.05) is 12.0 Å². The molecule has 0 aliphatic carbocycles. The molecule has 2 heteroatoms. The van der Waals surface area contributed by atoms with E-state index in [-0.39, 0.29) is 5.41 Å². The highest BCUT2D eigenvalue weighted by Gasteiger charge is 2.20. The Balaban J connectivity index is 4.13. The van der Waals surface area contributed by atoms with Crippen molar-refractivity contribution < 1.29 is 4.43 Å². The maximum Gasteiger partial charge on any atom is 0.145 e. The average Bonchev–Trinajstić information content (AvgIpc) is 2.13. The molecule has 0 saturated heterocycles. The Kier molecular flexibility index (Phi) is 6.03. The molecule has 0 aliphatic rings. The smallest absolute Gasteiger partial charge is 0.145 e. The molecule has 0 saturated carbocycles. The van der Waals surface area contributed by atoms with E-state index < -0.39 is 0 Å². The van der Waals surface area contributed by atoms with Crippen molar-refractivity contribution >= 4 is 10.5 Å². The van der Waals surface area contributed by atoms with Crippen LogP contribution >= 0.6 is 0 Å². The molecule has 0 aromatic carbocycles. The van der Waals surface area contributed by atoms with Gasteiger partial charge in [-0.15, -0.1) is 13.2 Å². The fourth-order valence-corrected chi connectivity index (χ4v) is 1.58. The summed E-state index contributed by atoms with van der Waals surface area (Å²) in [4.78, 5) is 0. The van der Waals surface area contributed by atoms with E-state index in [1.54, 1.807) is 0 Å². The van der Waals surface area contributed by atoms with Gasteiger partial charge in [-0.25, -0.2) is 0 Å². The van der Waals surface area contributed by atoms with Crippen LogP contribution in [0.4, 0.5) is 0 Å². The normalized spacial score (nSPS) is 11.4. The molecule has 0 aromatic heterocycles. The van der Waals surface area contributed by atoms with Crippen LogP contribution in [0.2, 0.25) is 0 Å². The van der Waals surface area contributed by atoms with Gasteiger partial charge in [0.25, 0.3) is 0 Å². The van der Waals surface area contributed by atoms with Crippen LogP contribution in [0.15, 0.2) is 25.3 Å². The van der Waals surface area contributed by atoms with E-state index in [1.807, 2.05) is 12.2 Å². The van der Waals surface area contributed by atoms with Crippen molar-refractivity contribution in [2.24, 2.45) is 5.41 Å². The first-order valence-corrected chi connectivity index (χ1v) is 5.32. The van der Waals surface area contributed by atoms with Crippen LogP contribution in [0, 0.1) is 5.41 Å². The van der Waals surface area contributed by atoms with Crippen LogP contribution in [0.3, 0.4) is 0 Å². The lowest BCUT2D eigenvalue weighted by atomic mass is 9.81. The zero-order chi connectivity index (χ0) is 9.45. The third-order valence-corrected chi connectivity index (χ3v) is 2.71. The van der Waals surface area contributed by atoms with Crippen molar-refractivity contribution in [2.75, 3.05) is 6.61 Å². The van der Waals surface area contributed by atoms with Gasteiger partial charge in [-0.3, -0.25) is 0 Å². The molecular weight excluding hydrogens is 164 g/mol. The van der Waals surface area contributed by atoms with Gasteiger partial charge in [0.2, 0.25) is 0 Å². The second kappa shape index (κ2) is 6.20. The monoisotopic (exact) mass is 184 g/mol. The molecule has 0 aliphatic heterocycles. The Morgan fingerprint density at radius 1 is 1.33 bits per heavy atom. The molecule has 0 heterocycles. The molecule has 0 atom stereocenters. The third kappa shape index (κ3) is 3.37. The molecule has 0 unspecified atom stereocenters. The van der Waals surface area contributed by atoms with Crippen LogP contribution < -0.4 is 0 Å². The third-order valence-electron chi connectivity index (χ3n) is 2.30. The van der Waals surface area contributed by atoms with Crippen molar-refractivity contribution in [2.45, 2.75) is 26.2 Å². The lowest BCUT2D eigenvalue weighted by molar-refractivity contribution is 0.276. The van der Waals surface area contributed by atoms with E-state index in [1.165, 1.54) is 6.42 Å². The Bertz CT molecular complexity index is 135. The summed E-state index contributed by atoms with van der Waals surface area (Å²) in [6, 6.07) is 0. The van der Waals surface area contributed by atoms with Gasteiger partial charge in [-0.2, -0.15) is 0 Å². The summed E-state index contributed by atoms with van der Waals surface area (Å²) in [5.74, 6) is 0. The first-order valence-electron chi connectivity index (χ1n) is 4.50. The molecule has 1 nitrogen and oxygen atoms in total. The van der Waals surface area contributed by atoms with Gasteiger partial charge in [0.05, 0.1) is 0 Å². The lowest BCUT2D eigenvalue weighted by Gasteiger charge is -2.25. The van der Waals surface area contributed by atoms with Crippen LogP contribution in [0.25, 0.3) is 0 Å². The Morgan fingerprint density at radius 2 is 1.92 bits per heavy atom. The molecule has 0 amide bonds. The fourth-order valence-electron chi connectivity index (χ4n) is 1.37. The maximum absolute atomic E-state index is 5.19. The second-order valence-electron chi connectivity index (χ2n) is 3.13. The van der Waals surface area contributed by atoms with E-state index in [9.17, 15) is 0 Å². The molecule has 0 radical (unpaired) electrons. The predicted octanol–water partition coefficient (Wildman–Crippen LogP) is 1.83. The van der Waals surface area contributed by atoms with Gasteiger partial charge in [0.15, 0.2) is 0 Å². The van der Waals surface area contributed by atoms with E-state index >= 15 is 0 Å². The van der Waals surface area contributed by atoms with Crippen molar-refractivity contribution in [3.63, 3.8) is 0 Å². The zero-order valence-electron chi connectivity index (χ0n) is 8.31. The first kappa shape index (κ1) is 11.7. The maximum atomic E-state index is 5.19. The molecule has 0 fully saturated rings. The fraction of sp³-hybridized carbons (Fsp3) is 0.600. The van der Waals surface area contributed by atoms with Gasteiger partial charge < -0.3 is 4.43 Å². The quantitative estimate of drug-likeness (QED) is 0.433. The molecule has 0 bridgehead atoms. The largest absolute Gasteiger partial charge is 0.428 e. The van der Waals surface area contributed by atoms with E-state index in [4.69, 9.17) is 4.43 Å². The highest BCUT2D eigenvalue weighted by Crippen LogP contribution is 2.30. The Morgan fingerprint density at radius 3 is 2.25 bits per heavy atom. The SMILES string of the molecule is C=CC(C=C)(CCC)CCO[SiH3]. The predicted molar refractivity (Wildman–Crippen MR) is 58.2 cm³/mol. The van der Waals surface area contributed by atoms with Crippen molar-refractivity contribution in [1.82, 2.24) is 0 Å². The highest BCUT2D eigenvalue weighted by atomic mass is 28.2. The minimum absolute atomic E-state index is 0.110. The molecule has 12 heavy (non-hydrogen) atoms. The number of hydrogen-bond donors (Lipinski definition) is 0. The summed E-state index contributed by atoms with van der Waals surface area (Å²) < 4.78 is 5.19. The number of allylic oxidation sites excluding steroid dienone is 2. The molecular formula is C10H20OSi. The molecule has 0 aromatic rings. The Labute approximate surface area is 79.1 Å². The van der Waals surface area contributed by atoms with E-state index in [0.717, 1.165) is 29.9 Å². The van der Waals surface area contributed by atoms with Gasteiger partial charge in [0.1, 0.15) is 10.5 Å². The van der Waals surface area contributed by atoms with Crippen molar-refractivity contribution in [3.8, 4) is 0 Å². The van der Waals surface area contributed by atoms with Crippen LogP contribution in [0.1, 0.15) is 26.2 Å². The first-order chi connectivity index (χ1) is 5.74. The van der Waals surface area contributed by atoms with E-state index in [2.05, 4.69) is 20.1 Å². The van der Waals surface area contributed by atoms with Gasteiger partial charge in [-0.1, -0.05) is 25.5 Å². The van der Waals surface area contributed by atoms with Crippen LogP contribution in [-0.4, -0.2) is 17.1 Å². The summed E-state index contributed by atoms with van der Waals surface area (Å²) in [6.07, 6.45) is 7.33. The zero-order valence-corrected chi connectivity index (χ0v) is 10.3. The minimum atomic E-state index is 0.110. The van der Waals surface area contributed by atoms with Crippen LogP contribution in [-0.2, 0) is 4.43 Å². The molecule has 0 N–H and O–H groups in total. The lowest BCUT2D eigenvalue weighted by Crippen LogP contribution is -2.16. The topological polar surface area (TPSA) is 9.23 Å². The van der Waals surface area contributed by atoms with E-state index in [0.29, 0.717) is 0 Å². The molecule has 0 spiro atoms. The summed E-state index contributed by atoms with van der Waals surface area (Å²) in [6.45, 7) is 10.7. The van der Waals surface area contributed by atoms with Gasteiger partial charge in [-0.05, 0) is 12.8 Å².